The van der Waals surface area contributed by atoms with Gasteiger partial charge >= 0.3 is 0 Å². The minimum Gasteiger partial charge on any atom is -0.400 e. The van der Waals surface area contributed by atoms with E-state index < -0.39 is 0 Å². The van der Waals surface area contributed by atoms with Gasteiger partial charge in [-0.25, -0.2) is 0 Å². The minimum atomic E-state index is 0. The van der Waals surface area contributed by atoms with E-state index in [-0.39, 0.29) is 13.6 Å². The molecule has 0 heterocycles. The van der Waals surface area contributed by atoms with Gasteiger partial charge in [-0.15, -0.1) is 0 Å². The molecule has 0 rings (SSSR count). The molecule has 0 radical (unpaired) electrons. The third kappa shape index (κ3) is 181. The summed E-state index contributed by atoms with van der Waals surface area (Å²) >= 11 is 0. The van der Waals surface area contributed by atoms with Crippen LogP contribution in [0.3, 0.4) is 0 Å². The normalized spacial score (nSPS) is 4.50. The van der Waals surface area contributed by atoms with Crippen LogP contribution in [-0.2, 0) is 0 Å². The number of nitrogens with two attached hydrogens (primary N) is 1. The van der Waals surface area contributed by atoms with Crippen molar-refractivity contribution in [3.8, 4) is 0 Å². The fourth-order valence-electron chi connectivity index (χ4n) is 0. The second-order valence-corrected chi connectivity index (χ2v) is 0.789. The Morgan fingerprint density at radius 3 is 1.50 bits per heavy atom. The van der Waals surface area contributed by atoms with E-state index in [9.17, 15) is 0 Å². The van der Waals surface area contributed by atoms with Gasteiger partial charge in [0.1, 0.15) is 0 Å². The van der Waals surface area contributed by atoms with Gasteiger partial charge in [0.25, 0.3) is 0 Å². The van der Waals surface area contributed by atoms with Gasteiger partial charge in [0.2, 0.25) is 0 Å². The molecule has 0 aromatic rings. The summed E-state index contributed by atoms with van der Waals surface area (Å²) in [6, 6.07) is 0. The van der Waals surface area contributed by atoms with Crippen molar-refractivity contribution in [1.82, 2.24) is 6.15 Å². The van der Waals surface area contributed by atoms with E-state index in [0.717, 1.165) is 20.1 Å². The molecule has 0 aliphatic rings. The highest BCUT2D eigenvalue weighted by atomic mass is 16.2. The van der Waals surface area contributed by atoms with E-state index >= 15 is 0 Å². The maximum Gasteiger partial charge on any atom is 0.0319 e. The molecule has 3 heteroatoms. The molecule has 0 aliphatic heterocycles. The lowest BCUT2D eigenvalue weighted by Crippen LogP contribution is -1.93. The van der Waals surface area contributed by atoms with E-state index in [1.54, 1.807) is 0 Å². The maximum absolute atomic E-state index is 7.00. The van der Waals surface area contributed by atoms with Crippen molar-refractivity contribution < 1.29 is 5.11 Å². The summed E-state index contributed by atoms with van der Waals surface area (Å²) in [5.74, 6) is 0. The quantitative estimate of drug-likeness (QED) is 0.482. The van der Waals surface area contributed by atoms with Crippen LogP contribution in [0.4, 0.5) is 0 Å². The summed E-state index contributed by atoms with van der Waals surface area (Å²) in [6.07, 6.45) is 1.10. The highest BCUT2D eigenvalue weighted by Gasteiger charge is 1.55. The average Bonchev–Trinajstić information content (AvgIpc) is 1.72. The standard InChI is InChI=1S/C3H9N.CH4O.CH4.H3N/c1-2-3-4;1-2;;/h2-4H2,1H3;2H,1H3;1H4;1H3. The van der Waals surface area contributed by atoms with Crippen LogP contribution in [0.5, 0.6) is 0 Å². The summed E-state index contributed by atoms with van der Waals surface area (Å²) in [4.78, 5) is 0. The molecule has 8 heavy (non-hydrogen) atoms. The molecule has 6 N–H and O–H groups in total. The first kappa shape index (κ1) is 24.8. The minimum absolute atomic E-state index is 0. The second kappa shape index (κ2) is 67.3. The zero-order valence-corrected chi connectivity index (χ0v) is 5.15. The highest BCUT2D eigenvalue weighted by molar-refractivity contribution is 4.19. The van der Waals surface area contributed by atoms with E-state index in [4.69, 9.17) is 10.8 Å². The van der Waals surface area contributed by atoms with Gasteiger partial charge in [-0.3, -0.25) is 0 Å². The Bertz CT molecular complexity index is 12.4. The van der Waals surface area contributed by atoms with Crippen LogP contribution < -0.4 is 11.9 Å². The number of hydrogen-bond donors (Lipinski definition) is 3. The summed E-state index contributed by atoms with van der Waals surface area (Å²) in [6.45, 7) is 2.88. The Morgan fingerprint density at radius 2 is 1.50 bits per heavy atom. The van der Waals surface area contributed by atoms with Gasteiger partial charge < -0.3 is 17.0 Å². The molecule has 0 saturated carbocycles. The first-order chi connectivity index (χ1) is 2.91. The largest absolute Gasteiger partial charge is 0.400 e. The molecule has 0 aliphatic carbocycles. The predicted molar refractivity (Wildman–Crippen MR) is 39.2 cm³/mol. The Hall–Kier alpha value is -0.120. The molecule has 3 nitrogen and oxygen atoms in total. The van der Waals surface area contributed by atoms with Crippen LogP contribution in [0.15, 0.2) is 0 Å². The fraction of sp³-hybridized carbons (Fsp3) is 1.00. The molecule has 0 fully saturated rings. The molecular formula is C5H20N2O. The van der Waals surface area contributed by atoms with Gasteiger partial charge in [0.15, 0.2) is 0 Å². The average molecular weight is 124 g/mol. The Morgan fingerprint density at radius 1 is 1.38 bits per heavy atom. The zero-order valence-electron chi connectivity index (χ0n) is 5.15. The van der Waals surface area contributed by atoms with Crippen LogP contribution in [0.2, 0.25) is 0 Å². The zero-order chi connectivity index (χ0) is 5.41. The first-order valence-corrected chi connectivity index (χ1v) is 2.06. The van der Waals surface area contributed by atoms with Crippen molar-refractivity contribution in [2.45, 2.75) is 20.8 Å². The van der Waals surface area contributed by atoms with E-state index in [0.29, 0.717) is 0 Å². The molecule has 0 aromatic carbocycles. The molecule has 0 bridgehead atoms. The third-order valence-corrected chi connectivity index (χ3v) is 0.289. The van der Waals surface area contributed by atoms with E-state index in [2.05, 4.69) is 6.92 Å². The van der Waals surface area contributed by atoms with E-state index in [1.165, 1.54) is 0 Å². The Balaban J connectivity index is -0.0000000183. The topological polar surface area (TPSA) is 81.2 Å². The summed E-state index contributed by atoms with van der Waals surface area (Å²) < 4.78 is 0. The van der Waals surface area contributed by atoms with Crippen LogP contribution in [0, 0.1) is 0 Å². The number of aliphatic hydroxyl groups excluding tert-OH is 1. The van der Waals surface area contributed by atoms with Crippen LogP contribution in [0.25, 0.3) is 0 Å². The van der Waals surface area contributed by atoms with Crippen LogP contribution in [-0.4, -0.2) is 18.8 Å². The lowest BCUT2D eigenvalue weighted by molar-refractivity contribution is 0.399. The van der Waals surface area contributed by atoms with Crippen molar-refractivity contribution >= 4 is 0 Å². The van der Waals surface area contributed by atoms with Crippen molar-refractivity contribution in [3.05, 3.63) is 0 Å². The molecule has 0 atom stereocenters. The predicted octanol–water partition coefficient (Wildman–Crippen LogP) is 0.762. The van der Waals surface area contributed by atoms with Crippen LogP contribution in [0.1, 0.15) is 20.8 Å². The van der Waals surface area contributed by atoms with Crippen LogP contribution >= 0.6 is 0 Å². The van der Waals surface area contributed by atoms with Gasteiger partial charge in [0, 0.05) is 7.11 Å². The van der Waals surface area contributed by atoms with Gasteiger partial charge in [-0.1, -0.05) is 14.4 Å². The molecule has 0 saturated heterocycles. The highest BCUT2D eigenvalue weighted by Crippen LogP contribution is 1.57. The molecular weight excluding hydrogens is 104 g/mol. The van der Waals surface area contributed by atoms with Crippen molar-refractivity contribution in [2.24, 2.45) is 5.73 Å². The Kier molecular flexibility index (Phi) is 208. The van der Waals surface area contributed by atoms with Crippen molar-refractivity contribution in [2.75, 3.05) is 13.7 Å². The molecule has 0 spiro atoms. The van der Waals surface area contributed by atoms with Gasteiger partial charge in [-0.2, -0.15) is 0 Å². The number of hydrogen-bond acceptors (Lipinski definition) is 3. The lowest BCUT2D eigenvalue weighted by atomic mass is 10.5. The lowest BCUT2D eigenvalue weighted by Gasteiger charge is -1.70. The monoisotopic (exact) mass is 124 g/mol. The smallest absolute Gasteiger partial charge is 0.0319 e. The third-order valence-electron chi connectivity index (χ3n) is 0.289. The summed E-state index contributed by atoms with van der Waals surface area (Å²) in [5, 5.41) is 7.00. The maximum atomic E-state index is 7.00. The molecule has 0 aromatic heterocycles. The fourth-order valence-corrected chi connectivity index (χ4v) is 0. The van der Waals surface area contributed by atoms with Gasteiger partial charge in [-0.05, 0) is 13.0 Å². The molecule has 0 unspecified atom stereocenters. The second-order valence-electron chi connectivity index (χ2n) is 0.789. The summed E-state index contributed by atoms with van der Waals surface area (Å²) in [5.41, 5.74) is 5.03. The number of rotatable bonds is 1. The Labute approximate surface area is 52.5 Å². The number of aliphatic hydroxyl groups is 1. The van der Waals surface area contributed by atoms with Crippen molar-refractivity contribution in [3.63, 3.8) is 0 Å². The van der Waals surface area contributed by atoms with Gasteiger partial charge in [0.05, 0.1) is 0 Å². The molecule has 56 valence electrons. The molecule has 0 amide bonds. The van der Waals surface area contributed by atoms with Crippen molar-refractivity contribution in [1.29, 1.82) is 0 Å². The summed E-state index contributed by atoms with van der Waals surface area (Å²) in [7, 11) is 1.00. The van der Waals surface area contributed by atoms with E-state index in [1.807, 2.05) is 0 Å². The first-order valence-electron chi connectivity index (χ1n) is 2.06. The SMILES string of the molecule is C.CCCN.CO.N.